The van der Waals surface area contributed by atoms with Gasteiger partial charge in [0.05, 0.1) is 4.90 Å². The Kier molecular flexibility index (Phi) is 5.75. The second-order valence-corrected chi connectivity index (χ2v) is 7.21. The molecule has 6 heteroatoms. The molecular formula is C18H22N2O3S. The molecule has 24 heavy (non-hydrogen) atoms. The highest BCUT2D eigenvalue weighted by Gasteiger charge is 2.17. The summed E-state index contributed by atoms with van der Waals surface area (Å²) in [6, 6.07) is 12.1. The molecule has 0 fully saturated rings. The fraction of sp³-hybridized carbons (Fsp3) is 0.278. The predicted octanol–water partition coefficient (Wildman–Crippen LogP) is 3.11. The van der Waals surface area contributed by atoms with Crippen LogP contribution < -0.4 is 10.0 Å². The lowest BCUT2D eigenvalue weighted by atomic mass is 10.1. The van der Waals surface area contributed by atoms with Gasteiger partial charge in [-0.25, -0.2) is 13.1 Å². The third-order valence-corrected chi connectivity index (χ3v) is 5.29. The standard InChI is InChI=1S/C18H22N2O3S/c1-4-14-8-6-7-9-17(14)20-18(21)16-12-15(11-10-13(16)3)24(22,23)19-5-2/h6-12,19H,4-5H2,1-3H3,(H,20,21). The van der Waals surface area contributed by atoms with Crippen molar-refractivity contribution >= 4 is 21.6 Å². The first kappa shape index (κ1) is 18.2. The topological polar surface area (TPSA) is 75.3 Å². The Balaban J connectivity index is 2.36. The normalized spacial score (nSPS) is 11.3. The molecule has 0 atom stereocenters. The van der Waals surface area contributed by atoms with E-state index in [4.69, 9.17) is 0 Å². The molecule has 2 aromatic carbocycles. The van der Waals surface area contributed by atoms with E-state index in [1.54, 1.807) is 19.9 Å². The SMILES string of the molecule is CCNS(=O)(=O)c1ccc(C)c(C(=O)Nc2ccccc2CC)c1. The van der Waals surface area contributed by atoms with Crippen LogP contribution in [0.5, 0.6) is 0 Å². The Morgan fingerprint density at radius 1 is 1.08 bits per heavy atom. The molecule has 0 aromatic heterocycles. The van der Waals surface area contributed by atoms with Crippen LogP contribution in [0, 0.1) is 6.92 Å². The van der Waals surface area contributed by atoms with Crippen molar-refractivity contribution in [3.8, 4) is 0 Å². The minimum Gasteiger partial charge on any atom is -0.322 e. The largest absolute Gasteiger partial charge is 0.322 e. The number of para-hydroxylation sites is 1. The first-order valence-corrected chi connectivity index (χ1v) is 9.37. The zero-order valence-corrected chi connectivity index (χ0v) is 14.9. The molecule has 1 amide bonds. The van der Waals surface area contributed by atoms with E-state index >= 15 is 0 Å². The minimum absolute atomic E-state index is 0.0869. The van der Waals surface area contributed by atoms with E-state index in [2.05, 4.69) is 10.0 Å². The number of amides is 1. The molecule has 128 valence electrons. The summed E-state index contributed by atoms with van der Waals surface area (Å²) in [5.41, 5.74) is 2.83. The number of carbonyl (C=O) groups excluding carboxylic acids is 1. The maximum absolute atomic E-state index is 12.6. The summed E-state index contributed by atoms with van der Waals surface area (Å²) >= 11 is 0. The highest BCUT2D eigenvalue weighted by Crippen LogP contribution is 2.20. The highest BCUT2D eigenvalue weighted by molar-refractivity contribution is 7.89. The molecule has 2 rings (SSSR count). The highest BCUT2D eigenvalue weighted by atomic mass is 32.2. The molecule has 2 aromatic rings. The first-order chi connectivity index (χ1) is 11.4. The fourth-order valence-corrected chi connectivity index (χ4v) is 3.49. The van der Waals surface area contributed by atoms with Gasteiger partial charge in [-0.2, -0.15) is 0 Å². The van der Waals surface area contributed by atoms with E-state index in [1.807, 2.05) is 31.2 Å². The van der Waals surface area contributed by atoms with Crippen LogP contribution in [0.3, 0.4) is 0 Å². The van der Waals surface area contributed by atoms with Gasteiger partial charge in [-0.1, -0.05) is 38.1 Å². The molecule has 0 saturated heterocycles. The van der Waals surface area contributed by atoms with Gasteiger partial charge >= 0.3 is 0 Å². The van der Waals surface area contributed by atoms with Crippen molar-refractivity contribution in [1.29, 1.82) is 0 Å². The number of sulfonamides is 1. The van der Waals surface area contributed by atoms with E-state index in [0.717, 1.165) is 23.2 Å². The molecule has 0 aliphatic heterocycles. The molecule has 0 bridgehead atoms. The maximum Gasteiger partial charge on any atom is 0.255 e. The first-order valence-electron chi connectivity index (χ1n) is 7.88. The van der Waals surface area contributed by atoms with E-state index in [0.29, 0.717) is 12.1 Å². The number of benzene rings is 2. The van der Waals surface area contributed by atoms with E-state index in [9.17, 15) is 13.2 Å². The van der Waals surface area contributed by atoms with E-state index in [1.165, 1.54) is 12.1 Å². The molecule has 0 radical (unpaired) electrons. The number of hydrogen-bond donors (Lipinski definition) is 2. The summed E-state index contributed by atoms with van der Waals surface area (Å²) in [5.74, 6) is -0.318. The summed E-state index contributed by atoms with van der Waals surface area (Å²) in [6.45, 7) is 5.80. The van der Waals surface area contributed by atoms with Crippen molar-refractivity contribution in [3.05, 3.63) is 59.2 Å². The maximum atomic E-state index is 12.6. The molecule has 0 aliphatic rings. The van der Waals surface area contributed by atoms with Crippen LogP contribution in [0.1, 0.15) is 35.3 Å². The number of nitrogens with one attached hydrogen (secondary N) is 2. The Morgan fingerprint density at radius 3 is 2.46 bits per heavy atom. The van der Waals surface area contributed by atoms with Crippen molar-refractivity contribution in [2.75, 3.05) is 11.9 Å². The quantitative estimate of drug-likeness (QED) is 0.844. The molecule has 2 N–H and O–H groups in total. The summed E-state index contributed by atoms with van der Waals surface area (Å²) in [6.07, 6.45) is 0.796. The third-order valence-electron chi connectivity index (χ3n) is 3.74. The van der Waals surface area contributed by atoms with Gasteiger partial charge in [0, 0.05) is 17.8 Å². The van der Waals surface area contributed by atoms with Crippen LogP contribution in [0.15, 0.2) is 47.4 Å². The van der Waals surface area contributed by atoms with Gasteiger partial charge < -0.3 is 5.32 Å². The van der Waals surface area contributed by atoms with Gasteiger partial charge in [0.2, 0.25) is 10.0 Å². The van der Waals surface area contributed by atoms with Gasteiger partial charge in [0.1, 0.15) is 0 Å². The number of anilines is 1. The van der Waals surface area contributed by atoms with Crippen molar-refractivity contribution in [1.82, 2.24) is 4.72 Å². The minimum atomic E-state index is -3.60. The number of carbonyl (C=O) groups is 1. The van der Waals surface area contributed by atoms with Crippen molar-refractivity contribution < 1.29 is 13.2 Å². The zero-order valence-electron chi connectivity index (χ0n) is 14.1. The Hall–Kier alpha value is -2.18. The summed E-state index contributed by atoms with van der Waals surface area (Å²) in [5, 5.41) is 2.88. The number of hydrogen-bond acceptors (Lipinski definition) is 3. The van der Waals surface area contributed by atoms with Gasteiger partial charge in [0.25, 0.3) is 5.91 Å². The Bertz CT molecular complexity index is 845. The Morgan fingerprint density at radius 2 is 1.79 bits per heavy atom. The lowest BCUT2D eigenvalue weighted by Gasteiger charge is -2.12. The second-order valence-electron chi connectivity index (χ2n) is 5.44. The Labute approximate surface area is 143 Å². The van der Waals surface area contributed by atoms with E-state index in [-0.39, 0.29) is 10.8 Å². The summed E-state index contributed by atoms with van der Waals surface area (Å²) in [4.78, 5) is 12.7. The van der Waals surface area contributed by atoms with E-state index < -0.39 is 10.0 Å². The summed E-state index contributed by atoms with van der Waals surface area (Å²) < 4.78 is 26.7. The van der Waals surface area contributed by atoms with Gasteiger partial charge in [-0.05, 0) is 42.7 Å². The van der Waals surface area contributed by atoms with Crippen LogP contribution >= 0.6 is 0 Å². The van der Waals surface area contributed by atoms with Gasteiger partial charge in [-0.3, -0.25) is 4.79 Å². The molecule has 0 spiro atoms. The lowest BCUT2D eigenvalue weighted by Crippen LogP contribution is -2.24. The molecular weight excluding hydrogens is 324 g/mol. The van der Waals surface area contributed by atoms with Gasteiger partial charge in [-0.15, -0.1) is 0 Å². The summed E-state index contributed by atoms with van der Waals surface area (Å²) in [7, 11) is -3.60. The zero-order chi connectivity index (χ0) is 17.7. The monoisotopic (exact) mass is 346 g/mol. The van der Waals surface area contributed by atoms with Gasteiger partial charge in [0.15, 0.2) is 0 Å². The molecule has 0 aliphatic carbocycles. The van der Waals surface area contributed by atoms with Crippen molar-refractivity contribution in [2.24, 2.45) is 0 Å². The van der Waals surface area contributed by atoms with Crippen molar-refractivity contribution in [2.45, 2.75) is 32.1 Å². The lowest BCUT2D eigenvalue weighted by molar-refractivity contribution is 0.102. The smallest absolute Gasteiger partial charge is 0.255 e. The predicted molar refractivity (Wildman–Crippen MR) is 95.8 cm³/mol. The third kappa shape index (κ3) is 4.01. The number of rotatable bonds is 6. The molecule has 0 saturated carbocycles. The fourth-order valence-electron chi connectivity index (χ4n) is 2.43. The van der Waals surface area contributed by atoms with Crippen LogP contribution in [0.2, 0.25) is 0 Å². The number of aryl methyl sites for hydroxylation is 2. The molecule has 0 heterocycles. The average molecular weight is 346 g/mol. The van der Waals surface area contributed by atoms with Crippen LogP contribution in [0.4, 0.5) is 5.69 Å². The average Bonchev–Trinajstić information content (AvgIpc) is 2.55. The molecule has 0 unspecified atom stereocenters. The van der Waals surface area contributed by atoms with Crippen LogP contribution in [-0.2, 0) is 16.4 Å². The van der Waals surface area contributed by atoms with Crippen LogP contribution in [0.25, 0.3) is 0 Å². The van der Waals surface area contributed by atoms with Crippen LogP contribution in [-0.4, -0.2) is 20.9 Å². The molecule has 5 nitrogen and oxygen atoms in total. The van der Waals surface area contributed by atoms with Crippen molar-refractivity contribution in [3.63, 3.8) is 0 Å². The second kappa shape index (κ2) is 7.59.